The molecular weight excluding hydrogens is 380 g/mol. The van der Waals surface area contributed by atoms with E-state index in [4.69, 9.17) is 9.47 Å². The van der Waals surface area contributed by atoms with Crippen molar-refractivity contribution in [3.63, 3.8) is 0 Å². The second-order valence-corrected chi connectivity index (χ2v) is 6.30. The Labute approximate surface area is 175 Å². The molecule has 0 aliphatic heterocycles. The van der Waals surface area contributed by atoms with Crippen molar-refractivity contribution in [3.05, 3.63) is 95.7 Å². The normalized spacial score (nSPS) is 10.8. The Morgan fingerprint density at radius 1 is 0.800 bits per heavy atom. The minimum atomic E-state index is -0.463. The van der Waals surface area contributed by atoms with E-state index < -0.39 is 5.91 Å². The van der Waals surface area contributed by atoms with Crippen molar-refractivity contribution in [3.8, 4) is 11.5 Å². The number of hydrogen-bond acceptors (Lipinski definition) is 4. The molecule has 3 aromatic rings. The van der Waals surface area contributed by atoms with Crippen LogP contribution in [0.1, 0.15) is 15.9 Å². The monoisotopic (exact) mass is 402 g/mol. The first-order chi connectivity index (χ1) is 14.6. The summed E-state index contributed by atoms with van der Waals surface area (Å²) in [5.41, 5.74) is 1.76. The Hall–Kier alpha value is -4.06. The molecule has 0 fully saturated rings. The summed E-state index contributed by atoms with van der Waals surface area (Å²) < 4.78 is 10.5. The molecule has 0 aromatic heterocycles. The molecule has 30 heavy (non-hydrogen) atoms. The molecule has 2 N–H and O–H groups in total. The third-order valence-electron chi connectivity index (χ3n) is 4.32. The van der Waals surface area contributed by atoms with Gasteiger partial charge in [0.2, 0.25) is 0 Å². The zero-order valence-corrected chi connectivity index (χ0v) is 16.7. The van der Waals surface area contributed by atoms with Gasteiger partial charge in [0.05, 0.1) is 14.2 Å². The van der Waals surface area contributed by atoms with Crippen LogP contribution in [-0.2, 0) is 4.79 Å². The number of ether oxygens (including phenoxy) is 2. The number of carbonyl (C=O) groups is 2. The van der Waals surface area contributed by atoms with Crippen LogP contribution in [0.15, 0.2) is 84.6 Å². The van der Waals surface area contributed by atoms with E-state index in [2.05, 4.69) is 10.6 Å². The molecule has 0 heterocycles. The molecule has 6 heteroatoms. The Kier molecular flexibility index (Phi) is 6.84. The van der Waals surface area contributed by atoms with Crippen molar-refractivity contribution < 1.29 is 19.1 Å². The lowest BCUT2D eigenvalue weighted by Crippen LogP contribution is -2.30. The van der Waals surface area contributed by atoms with E-state index in [-0.39, 0.29) is 11.6 Å². The van der Waals surface area contributed by atoms with Crippen LogP contribution in [0.25, 0.3) is 6.08 Å². The Bertz CT molecular complexity index is 1040. The number of rotatable bonds is 7. The molecular formula is C24H22N2O4. The van der Waals surface area contributed by atoms with Gasteiger partial charge in [-0.05, 0) is 48.5 Å². The maximum atomic E-state index is 13.0. The molecule has 6 nitrogen and oxygen atoms in total. The van der Waals surface area contributed by atoms with Gasteiger partial charge < -0.3 is 20.1 Å². The molecule has 0 bridgehead atoms. The lowest BCUT2D eigenvalue weighted by molar-refractivity contribution is -0.113. The molecule has 0 saturated heterocycles. The van der Waals surface area contributed by atoms with E-state index in [0.29, 0.717) is 28.3 Å². The van der Waals surface area contributed by atoms with E-state index >= 15 is 0 Å². The molecule has 152 valence electrons. The highest BCUT2D eigenvalue weighted by atomic mass is 16.5. The van der Waals surface area contributed by atoms with Crippen LogP contribution in [0.2, 0.25) is 0 Å². The fraction of sp³-hybridized carbons (Fsp3) is 0.0833. The SMILES string of the molecule is COc1ccc(NC(=O)/C(=C\c2ccccc2OC)NC(=O)c2ccccc2)cc1. The van der Waals surface area contributed by atoms with Gasteiger partial charge in [0.15, 0.2) is 0 Å². The lowest BCUT2D eigenvalue weighted by Gasteiger charge is -2.13. The van der Waals surface area contributed by atoms with Crippen molar-refractivity contribution in [2.75, 3.05) is 19.5 Å². The standard InChI is InChI=1S/C24H22N2O4/c1-29-20-14-12-19(13-15-20)25-24(28)21(16-18-10-6-7-11-22(18)30-2)26-23(27)17-8-4-3-5-9-17/h3-16H,1-2H3,(H,25,28)(H,26,27)/b21-16+. The third-order valence-corrected chi connectivity index (χ3v) is 4.32. The van der Waals surface area contributed by atoms with Crippen LogP contribution in [0.4, 0.5) is 5.69 Å². The summed E-state index contributed by atoms with van der Waals surface area (Å²) in [6, 6.07) is 22.8. The molecule has 0 spiro atoms. The maximum absolute atomic E-state index is 13.0. The van der Waals surface area contributed by atoms with Gasteiger partial charge in [-0.2, -0.15) is 0 Å². The predicted octanol–water partition coefficient (Wildman–Crippen LogP) is 4.11. The smallest absolute Gasteiger partial charge is 0.272 e. The first kappa shape index (κ1) is 20.7. The van der Waals surface area contributed by atoms with Crippen LogP contribution < -0.4 is 20.1 Å². The van der Waals surface area contributed by atoms with E-state index in [1.54, 1.807) is 81.0 Å². The molecule has 0 aliphatic rings. The third kappa shape index (κ3) is 5.26. The van der Waals surface area contributed by atoms with Gasteiger partial charge in [-0.25, -0.2) is 0 Å². The van der Waals surface area contributed by atoms with Crippen molar-refractivity contribution in [1.29, 1.82) is 0 Å². The van der Waals surface area contributed by atoms with Crippen LogP contribution in [0.5, 0.6) is 11.5 Å². The average Bonchev–Trinajstić information content (AvgIpc) is 2.80. The second-order valence-electron chi connectivity index (χ2n) is 6.30. The Morgan fingerprint density at radius 2 is 1.47 bits per heavy atom. The number of amides is 2. The maximum Gasteiger partial charge on any atom is 0.272 e. The molecule has 0 saturated carbocycles. The fourth-order valence-electron chi connectivity index (χ4n) is 2.76. The summed E-state index contributed by atoms with van der Waals surface area (Å²) in [6.45, 7) is 0. The van der Waals surface area contributed by atoms with Crippen LogP contribution in [0.3, 0.4) is 0 Å². The largest absolute Gasteiger partial charge is 0.497 e. The molecule has 3 rings (SSSR count). The lowest BCUT2D eigenvalue weighted by atomic mass is 10.1. The van der Waals surface area contributed by atoms with Gasteiger partial charge in [0, 0.05) is 16.8 Å². The predicted molar refractivity (Wildman–Crippen MR) is 117 cm³/mol. The molecule has 3 aromatic carbocycles. The van der Waals surface area contributed by atoms with Crippen LogP contribution >= 0.6 is 0 Å². The minimum absolute atomic E-state index is 0.0872. The van der Waals surface area contributed by atoms with Gasteiger partial charge in [0.25, 0.3) is 11.8 Å². The number of hydrogen-bond donors (Lipinski definition) is 2. The van der Waals surface area contributed by atoms with Gasteiger partial charge >= 0.3 is 0 Å². The quantitative estimate of drug-likeness (QED) is 0.583. The number of methoxy groups -OCH3 is 2. The summed E-state index contributed by atoms with van der Waals surface area (Å²) >= 11 is 0. The zero-order valence-electron chi connectivity index (χ0n) is 16.7. The summed E-state index contributed by atoms with van der Waals surface area (Å²) in [5.74, 6) is 0.411. The van der Waals surface area contributed by atoms with Crippen molar-refractivity contribution in [2.24, 2.45) is 0 Å². The van der Waals surface area contributed by atoms with Gasteiger partial charge in [-0.3, -0.25) is 9.59 Å². The van der Waals surface area contributed by atoms with Crippen LogP contribution in [-0.4, -0.2) is 26.0 Å². The zero-order chi connectivity index (χ0) is 21.3. The van der Waals surface area contributed by atoms with Crippen molar-refractivity contribution >= 4 is 23.6 Å². The first-order valence-electron chi connectivity index (χ1n) is 9.27. The Morgan fingerprint density at radius 3 is 2.13 bits per heavy atom. The highest BCUT2D eigenvalue weighted by molar-refractivity contribution is 6.10. The van der Waals surface area contributed by atoms with Crippen LogP contribution in [0, 0.1) is 0 Å². The number of anilines is 1. The molecule has 0 unspecified atom stereocenters. The van der Waals surface area contributed by atoms with E-state index in [0.717, 1.165) is 0 Å². The Balaban J connectivity index is 1.90. The summed E-state index contributed by atoms with van der Waals surface area (Å²) in [5, 5.41) is 5.50. The highest BCUT2D eigenvalue weighted by Gasteiger charge is 2.16. The van der Waals surface area contributed by atoms with E-state index in [9.17, 15) is 9.59 Å². The van der Waals surface area contributed by atoms with Gasteiger partial charge in [0.1, 0.15) is 17.2 Å². The van der Waals surface area contributed by atoms with Crippen molar-refractivity contribution in [2.45, 2.75) is 0 Å². The molecule has 0 atom stereocenters. The highest BCUT2D eigenvalue weighted by Crippen LogP contribution is 2.21. The van der Waals surface area contributed by atoms with E-state index in [1.807, 2.05) is 18.2 Å². The number of para-hydroxylation sites is 1. The first-order valence-corrected chi connectivity index (χ1v) is 9.27. The molecule has 0 aliphatic carbocycles. The summed E-state index contributed by atoms with van der Waals surface area (Å²) in [6.07, 6.45) is 1.58. The van der Waals surface area contributed by atoms with Gasteiger partial charge in [-0.15, -0.1) is 0 Å². The number of benzene rings is 3. The van der Waals surface area contributed by atoms with E-state index in [1.165, 1.54) is 0 Å². The summed E-state index contributed by atoms with van der Waals surface area (Å²) in [7, 11) is 3.12. The molecule has 2 amide bonds. The number of carbonyl (C=O) groups excluding carboxylic acids is 2. The number of nitrogens with one attached hydrogen (secondary N) is 2. The fourth-order valence-corrected chi connectivity index (χ4v) is 2.76. The molecule has 0 radical (unpaired) electrons. The van der Waals surface area contributed by atoms with Gasteiger partial charge in [-0.1, -0.05) is 36.4 Å². The average molecular weight is 402 g/mol. The van der Waals surface area contributed by atoms with Crippen molar-refractivity contribution in [1.82, 2.24) is 5.32 Å². The summed E-state index contributed by atoms with van der Waals surface area (Å²) in [4.78, 5) is 25.6. The minimum Gasteiger partial charge on any atom is -0.497 e. The topological polar surface area (TPSA) is 76.7 Å². The second kappa shape index (κ2) is 9.93.